The third kappa shape index (κ3) is 4.95. The number of ketones is 1. The summed E-state index contributed by atoms with van der Waals surface area (Å²) in [6.45, 7) is 7.61. The zero-order valence-electron chi connectivity index (χ0n) is 14.6. The second-order valence-corrected chi connectivity index (χ2v) is 6.81. The van der Waals surface area contributed by atoms with Gasteiger partial charge in [0.15, 0.2) is 5.78 Å². The molecule has 0 aromatic heterocycles. The van der Waals surface area contributed by atoms with Crippen molar-refractivity contribution < 1.29 is 14.3 Å². The Kier molecular flexibility index (Phi) is 5.39. The fraction of sp³-hybridized carbons (Fsp3) is 0.300. The molecule has 0 heterocycles. The number of Topliss-reactive ketones (excluding diaryl/α,β-unsaturated/α-hetero) is 1. The molecule has 0 aliphatic carbocycles. The van der Waals surface area contributed by atoms with Gasteiger partial charge in [0.05, 0.1) is 0 Å². The minimum atomic E-state index is -0.415. The number of nitrogens with one attached hydrogen (secondary N) is 1. The van der Waals surface area contributed by atoms with Gasteiger partial charge in [-0.25, -0.2) is 0 Å². The van der Waals surface area contributed by atoms with Gasteiger partial charge in [-0.2, -0.15) is 0 Å². The number of ether oxygens (including phenoxy) is 1. The summed E-state index contributed by atoms with van der Waals surface area (Å²) >= 11 is 0. The van der Waals surface area contributed by atoms with Gasteiger partial charge in [-0.1, -0.05) is 38.5 Å². The molecule has 0 saturated heterocycles. The lowest BCUT2D eigenvalue weighted by molar-refractivity contribution is -0.128. The summed E-state index contributed by atoms with van der Waals surface area (Å²) in [7, 11) is 0. The summed E-state index contributed by atoms with van der Waals surface area (Å²) in [6.07, 6.45) is 0. The summed E-state index contributed by atoms with van der Waals surface area (Å²) in [5.41, 5.74) is 1.98. The molecule has 4 nitrogen and oxygen atoms in total. The normalized spacial score (nSPS) is 11.0. The van der Waals surface area contributed by atoms with E-state index in [9.17, 15) is 9.59 Å². The second-order valence-electron chi connectivity index (χ2n) is 6.81. The van der Waals surface area contributed by atoms with Gasteiger partial charge >= 0.3 is 0 Å². The third-order valence-electron chi connectivity index (χ3n) is 3.63. The van der Waals surface area contributed by atoms with E-state index in [0.717, 1.165) is 5.56 Å². The summed E-state index contributed by atoms with van der Waals surface area (Å²) in [4.78, 5) is 24.0. The van der Waals surface area contributed by atoms with Crippen molar-refractivity contribution in [2.45, 2.75) is 27.7 Å². The molecule has 0 spiro atoms. The maximum atomic E-state index is 12.1. The number of carbonyl (C=O) groups excluding carboxylic acids is 2. The predicted octanol–water partition coefficient (Wildman–Crippen LogP) is 4.24. The van der Waals surface area contributed by atoms with Crippen molar-refractivity contribution in [3.8, 4) is 5.75 Å². The predicted molar refractivity (Wildman–Crippen MR) is 95.5 cm³/mol. The van der Waals surface area contributed by atoms with E-state index >= 15 is 0 Å². The fourth-order valence-electron chi connectivity index (χ4n) is 1.91. The van der Waals surface area contributed by atoms with Crippen LogP contribution < -0.4 is 10.1 Å². The highest BCUT2D eigenvalue weighted by atomic mass is 16.5. The Morgan fingerprint density at radius 2 is 1.54 bits per heavy atom. The summed E-state index contributed by atoms with van der Waals surface area (Å²) in [5, 5.41) is 2.83. The van der Waals surface area contributed by atoms with Crippen LogP contribution >= 0.6 is 0 Å². The van der Waals surface area contributed by atoms with Crippen LogP contribution in [0.3, 0.4) is 0 Å². The molecule has 2 aromatic rings. The molecule has 2 aromatic carbocycles. The van der Waals surface area contributed by atoms with Gasteiger partial charge in [-0.05, 0) is 43.3 Å². The Balaban J connectivity index is 1.93. The van der Waals surface area contributed by atoms with Crippen LogP contribution in [0.5, 0.6) is 5.75 Å². The van der Waals surface area contributed by atoms with E-state index in [4.69, 9.17) is 4.74 Å². The zero-order chi connectivity index (χ0) is 17.7. The zero-order valence-corrected chi connectivity index (χ0v) is 14.6. The first-order valence-electron chi connectivity index (χ1n) is 7.90. The number of anilines is 1. The Morgan fingerprint density at radius 3 is 2.08 bits per heavy atom. The second kappa shape index (κ2) is 7.30. The molecular formula is C20H23NO3. The number of amides is 1. The third-order valence-corrected chi connectivity index (χ3v) is 3.63. The van der Waals surface area contributed by atoms with E-state index in [1.54, 1.807) is 36.4 Å². The van der Waals surface area contributed by atoms with E-state index in [2.05, 4.69) is 5.32 Å². The minimum Gasteiger partial charge on any atom is -0.486 e. The average Bonchev–Trinajstić information content (AvgIpc) is 2.53. The lowest BCUT2D eigenvalue weighted by Gasteiger charge is -2.16. The van der Waals surface area contributed by atoms with Crippen LogP contribution in [0.15, 0.2) is 48.5 Å². The monoisotopic (exact) mass is 325 g/mol. The number of hydrogen-bond acceptors (Lipinski definition) is 3. The summed E-state index contributed by atoms with van der Waals surface area (Å²) < 4.78 is 5.49. The highest BCUT2D eigenvalue weighted by Crippen LogP contribution is 2.19. The number of carbonyl (C=O) groups is 2. The maximum absolute atomic E-state index is 12.1. The van der Waals surface area contributed by atoms with Crippen LogP contribution in [-0.4, -0.2) is 18.3 Å². The first-order valence-corrected chi connectivity index (χ1v) is 7.90. The quantitative estimate of drug-likeness (QED) is 0.894. The lowest BCUT2D eigenvalue weighted by atomic mass is 9.91. The molecule has 0 fully saturated rings. The molecule has 4 heteroatoms. The van der Waals surface area contributed by atoms with E-state index < -0.39 is 5.41 Å². The summed E-state index contributed by atoms with van der Waals surface area (Å²) in [5.74, 6) is 0.478. The van der Waals surface area contributed by atoms with Crippen LogP contribution in [0.4, 0.5) is 5.69 Å². The van der Waals surface area contributed by atoms with E-state index in [1.807, 2.05) is 39.8 Å². The topological polar surface area (TPSA) is 55.4 Å². The molecule has 1 N–H and O–H groups in total. The molecular weight excluding hydrogens is 302 g/mol. The minimum absolute atomic E-state index is 0.0403. The Morgan fingerprint density at radius 1 is 0.958 bits per heavy atom. The van der Waals surface area contributed by atoms with Gasteiger partial charge in [-0.15, -0.1) is 0 Å². The van der Waals surface area contributed by atoms with Crippen LogP contribution in [-0.2, 0) is 4.79 Å². The van der Waals surface area contributed by atoms with Crippen LogP contribution in [0.25, 0.3) is 0 Å². The van der Waals surface area contributed by atoms with Crippen molar-refractivity contribution in [3.63, 3.8) is 0 Å². The average molecular weight is 325 g/mol. The SMILES string of the molecule is Cc1ccc(C(=O)Nc2ccc(OCC(=O)C(C)(C)C)cc2)cc1. The van der Waals surface area contributed by atoms with Crippen molar-refractivity contribution in [1.29, 1.82) is 0 Å². The molecule has 0 radical (unpaired) electrons. The van der Waals surface area contributed by atoms with Crippen molar-refractivity contribution in [3.05, 3.63) is 59.7 Å². The molecule has 2 rings (SSSR count). The molecule has 126 valence electrons. The number of rotatable bonds is 5. The van der Waals surface area contributed by atoms with Crippen LogP contribution in [0.2, 0.25) is 0 Å². The van der Waals surface area contributed by atoms with Crippen molar-refractivity contribution in [1.82, 2.24) is 0 Å². The number of hydrogen-bond donors (Lipinski definition) is 1. The molecule has 0 aliphatic rings. The van der Waals surface area contributed by atoms with Crippen LogP contribution in [0.1, 0.15) is 36.7 Å². The maximum Gasteiger partial charge on any atom is 0.255 e. The standard InChI is InChI=1S/C20H23NO3/c1-14-5-7-15(8-6-14)19(23)21-16-9-11-17(12-10-16)24-13-18(22)20(2,3)4/h5-12H,13H2,1-4H3,(H,21,23). The van der Waals surface area contributed by atoms with Gasteiger partial charge in [0.2, 0.25) is 0 Å². The van der Waals surface area contributed by atoms with E-state index in [0.29, 0.717) is 17.0 Å². The first kappa shape index (κ1) is 17.7. The molecule has 0 saturated carbocycles. The van der Waals surface area contributed by atoms with E-state index in [-0.39, 0.29) is 18.3 Å². The molecule has 0 aliphatic heterocycles. The lowest BCUT2D eigenvalue weighted by Crippen LogP contribution is -2.26. The van der Waals surface area contributed by atoms with Gasteiger partial charge < -0.3 is 10.1 Å². The molecule has 1 amide bonds. The highest BCUT2D eigenvalue weighted by molar-refractivity contribution is 6.04. The molecule has 0 bridgehead atoms. The van der Waals surface area contributed by atoms with Crippen molar-refractivity contribution in [2.24, 2.45) is 5.41 Å². The van der Waals surface area contributed by atoms with Crippen molar-refractivity contribution in [2.75, 3.05) is 11.9 Å². The summed E-state index contributed by atoms with van der Waals surface area (Å²) in [6, 6.07) is 14.4. The van der Waals surface area contributed by atoms with Gasteiger partial charge in [0, 0.05) is 16.7 Å². The van der Waals surface area contributed by atoms with E-state index in [1.165, 1.54) is 0 Å². The Bertz CT molecular complexity index is 710. The highest BCUT2D eigenvalue weighted by Gasteiger charge is 2.21. The molecule has 0 atom stereocenters. The molecule has 0 unspecified atom stereocenters. The molecule has 24 heavy (non-hydrogen) atoms. The van der Waals surface area contributed by atoms with Gasteiger partial charge in [0.1, 0.15) is 12.4 Å². The van der Waals surface area contributed by atoms with Crippen molar-refractivity contribution >= 4 is 17.4 Å². The Hall–Kier alpha value is -2.62. The van der Waals surface area contributed by atoms with Gasteiger partial charge in [0.25, 0.3) is 5.91 Å². The first-order chi connectivity index (χ1) is 11.3. The number of aryl methyl sites for hydroxylation is 1. The van der Waals surface area contributed by atoms with Crippen LogP contribution in [0, 0.1) is 12.3 Å². The number of benzene rings is 2. The Labute approximate surface area is 142 Å². The fourth-order valence-corrected chi connectivity index (χ4v) is 1.91. The largest absolute Gasteiger partial charge is 0.486 e. The smallest absolute Gasteiger partial charge is 0.255 e. The van der Waals surface area contributed by atoms with Gasteiger partial charge in [-0.3, -0.25) is 9.59 Å².